The van der Waals surface area contributed by atoms with E-state index in [4.69, 9.17) is 16.3 Å². The Morgan fingerprint density at radius 1 is 1.09 bits per heavy atom. The van der Waals surface area contributed by atoms with Crippen LogP contribution in [0.2, 0.25) is 5.02 Å². The van der Waals surface area contributed by atoms with Crippen molar-refractivity contribution in [2.24, 2.45) is 5.10 Å². The number of thioether (sulfide) groups is 1. The Morgan fingerprint density at radius 2 is 1.83 bits per heavy atom. The SMILES string of the molecule is CCOc1ccccc1/C=N/NC(=O)CSc1nnc(-c2ccc(C)cc2)n1-c1ccc(Cl)cc1. The fourth-order valence-corrected chi connectivity index (χ4v) is 4.16. The predicted octanol–water partition coefficient (Wildman–Crippen LogP) is 5.54. The summed E-state index contributed by atoms with van der Waals surface area (Å²) >= 11 is 7.37. The highest BCUT2D eigenvalue weighted by Gasteiger charge is 2.17. The second-order valence-electron chi connectivity index (χ2n) is 7.54. The maximum absolute atomic E-state index is 12.5. The lowest BCUT2D eigenvalue weighted by Gasteiger charge is -2.10. The largest absolute Gasteiger partial charge is 0.493 e. The second-order valence-corrected chi connectivity index (χ2v) is 8.92. The van der Waals surface area contributed by atoms with Crippen LogP contribution in [0.25, 0.3) is 17.1 Å². The van der Waals surface area contributed by atoms with Gasteiger partial charge in [0.2, 0.25) is 0 Å². The van der Waals surface area contributed by atoms with E-state index in [1.807, 2.05) is 91.2 Å². The molecule has 0 unspecified atom stereocenters. The quantitative estimate of drug-likeness (QED) is 0.183. The molecule has 1 N–H and O–H groups in total. The van der Waals surface area contributed by atoms with Gasteiger partial charge < -0.3 is 4.74 Å². The summed E-state index contributed by atoms with van der Waals surface area (Å²) in [5.74, 6) is 1.25. The lowest BCUT2D eigenvalue weighted by atomic mass is 10.1. The van der Waals surface area contributed by atoms with Crippen LogP contribution in [0.15, 0.2) is 83.1 Å². The number of hydrogen-bond acceptors (Lipinski definition) is 6. The molecule has 0 spiro atoms. The molecule has 9 heteroatoms. The van der Waals surface area contributed by atoms with Gasteiger partial charge in [0.15, 0.2) is 11.0 Å². The van der Waals surface area contributed by atoms with Crippen LogP contribution in [-0.4, -0.2) is 39.2 Å². The number of nitrogens with one attached hydrogen (secondary N) is 1. The molecule has 178 valence electrons. The van der Waals surface area contributed by atoms with Crippen molar-refractivity contribution < 1.29 is 9.53 Å². The van der Waals surface area contributed by atoms with Crippen molar-refractivity contribution >= 4 is 35.5 Å². The van der Waals surface area contributed by atoms with Crippen LogP contribution in [0.3, 0.4) is 0 Å². The molecule has 3 aromatic carbocycles. The van der Waals surface area contributed by atoms with E-state index < -0.39 is 0 Å². The number of hydrogen-bond donors (Lipinski definition) is 1. The molecule has 1 amide bonds. The number of halogens is 1. The zero-order valence-corrected chi connectivity index (χ0v) is 20.9. The first-order chi connectivity index (χ1) is 17.0. The summed E-state index contributed by atoms with van der Waals surface area (Å²) in [6, 6.07) is 23.0. The molecule has 1 heterocycles. The molecule has 0 atom stereocenters. The summed E-state index contributed by atoms with van der Waals surface area (Å²) in [5.41, 5.74) is 6.27. The van der Waals surface area contributed by atoms with Crippen LogP contribution in [0.1, 0.15) is 18.1 Å². The van der Waals surface area contributed by atoms with Gasteiger partial charge in [-0.15, -0.1) is 10.2 Å². The molecule has 4 rings (SSSR count). The van der Waals surface area contributed by atoms with Crippen LogP contribution in [0.5, 0.6) is 5.75 Å². The van der Waals surface area contributed by atoms with E-state index >= 15 is 0 Å². The summed E-state index contributed by atoms with van der Waals surface area (Å²) < 4.78 is 7.49. The third-order valence-corrected chi connectivity index (χ3v) is 6.15. The van der Waals surface area contributed by atoms with Crippen LogP contribution in [0.4, 0.5) is 0 Å². The predicted molar refractivity (Wildman–Crippen MR) is 141 cm³/mol. The van der Waals surface area contributed by atoms with Crippen LogP contribution >= 0.6 is 23.4 Å². The van der Waals surface area contributed by atoms with E-state index in [9.17, 15) is 4.79 Å². The Morgan fingerprint density at radius 3 is 2.57 bits per heavy atom. The van der Waals surface area contributed by atoms with Gasteiger partial charge in [-0.1, -0.05) is 65.3 Å². The van der Waals surface area contributed by atoms with Crippen LogP contribution in [0, 0.1) is 6.92 Å². The summed E-state index contributed by atoms with van der Waals surface area (Å²) in [5, 5.41) is 14.1. The van der Waals surface area contributed by atoms with Crippen molar-refractivity contribution in [3.05, 3.63) is 88.9 Å². The molecule has 7 nitrogen and oxygen atoms in total. The highest BCUT2D eigenvalue weighted by Crippen LogP contribution is 2.28. The van der Waals surface area contributed by atoms with Gasteiger partial charge in [0.25, 0.3) is 5.91 Å². The Bertz CT molecular complexity index is 1320. The lowest BCUT2D eigenvalue weighted by Crippen LogP contribution is -2.20. The van der Waals surface area contributed by atoms with Crippen molar-refractivity contribution in [3.8, 4) is 22.8 Å². The Kier molecular flexibility index (Phi) is 8.18. The average Bonchev–Trinajstić information content (AvgIpc) is 3.29. The fourth-order valence-electron chi connectivity index (χ4n) is 3.29. The molecule has 0 radical (unpaired) electrons. The van der Waals surface area contributed by atoms with E-state index in [-0.39, 0.29) is 11.7 Å². The van der Waals surface area contributed by atoms with E-state index in [1.165, 1.54) is 11.8 Å². The number of hydrazone groups is 1. The van der Waals surface area contributed by atoms with Crippen molar-refractivity contribution in [1.82, 2.24) is 20.2 Å². The normalized spacial score (nSPS) is 11.1. The first-order valence-electron chi connectivity index (χ1n) is 11.0. The molecule has 0 saturated carbocycles. The number of nitrogens with zero attached hydrogens (tertiary/aromatic N) is 4. The van der Waals surface area contributed by atoms with Gasteiger partial charge in [-0.3, -0.25) is 9.36 Å². The number of carbonyl (C=O) groups is 1. The minimum atomic E-state index is -0.261. The van der Waals surface area contributed by atoms with Gasteiger partial charge in [0, 0.05) is 21.8 Å². The number of ether oxygens (including phenoxy) is 1. The van der Waals surface area contributed by atoms with Crippen molar-refractivity contribution in [3.63, 3.8) is 0 Å². The summed E-state index contributed by atoms with van der Waals surface area (Å²) in [6.45, 7) is 4.50. The topological polar surface area (TPSA) is 81.4 Å². The van der Waals surface area contributed by atoms with Gasteiger partial charge in [-0.2, -0.15) is 5.10 Å². The highest BCUT2D eigenvalue weighted by atomic mass is 35.5. The molecule has 0 aliphatic rings. The Balaban J connectivity index is 1.49. The van der Waals surface area contributed by atoms with Gasteiger partial charge in [0.1, 0.15) is 5.75 Å². The maximum atomic E-state index is 12.5. The molecule has 35 heavy (non-hydrogen) atoms. The zero-order chi connectivity index (χ0) is 24.6. The minimum absolute atomic E-state index is 0.115. The average molecular weight is 506 g/mol. The Labute approximate surface area is 213 Å². The monoisotopic (exact) mass is 505 g/mol. The zero-order valence-electron chi connectivity index (χ0n) is 19.3. The third-order valence-electron chi connectivity index (χ3n) is 4.97. The smallest absolute Gasteiger partial charge is 0.250 e. The van der Waals surface area contributed by atoms with Gasteiger partial charge in [-0.05, 0) is 50.2 Å². The van der Waals surface area contributed by atoms with E-state index in [1.54, 1.807) is 6.21 Å². The summed E-state index contributed by atoms with van der Waals surface area (Å²) in [7, 11) is 0. The van der Waals surface area contributed by atoms with Gasteiger partial charge in [0.05, 0.1) is 18.6 Å². The lowest BCUT2D eigenvalue weighted by molar-refractivity contribution is -0.118. The van der Waals surface area contributed by atoms with Crippen LogP contribution in [-0.2, 0) is 4.79 Å². The number of amides is 1. The molecule has 4 aromatic rings. The molecular formula is C26H24ClN5O2S. The Hall–Kier alpha value is -3.62. The van der Waals surface area contributed by atoms with Gasteiger partial charge in [-0.25, -0.2) is 5.43 Å². The number of para-hydroxylation sites is 1. The highest BCUT2D eigenvalue weighted by molar-refractivity contribution is 7.99. The van der Waals surface area contributed by atoms with E-state index in [0.717, 1.165) is 22.4 Å². The summed E-state index contributed by atoms with van der Waals surface area (Å²) in [4.78, 5) is 12.5. The molecular weight excluding hydrogens is 482 g/mol. The standard InChI is InChI=1S/C26H24ClN5O2S/c1-3-34-23-7-5-4-6-20(23)16-28-29-24(33)17-35-26-31-30-25(19-10-8-18(2)9-11-19)32(26)22-14-12-21(27)13-15-22/h4-16H,3,17H2,1-2H3,(H,29,33)/b28-16+. The minimum Gasteiger partial charge on any atom is -0.493 e. The summed E-state index contributed by atoms with van der Waals surface area (Å²) in [6.07, 6.45) is 1.57. The molecule has 0 aliphatic heterocycles. The second kappa shape index (κ2) is 11.7. The van der Waals surface area contributed by atoms with Crippen molar-refractivity contribution in [1.29, 1.82) is 0 Å². The molecule has 0 fully saturated rings. The fraction of sp³-hybridized carbons (Fsp3) is 0.154. The van der Waals surface area contributed by atoms with E-state index in [0.29, 0.717) is 28.4 Å². The molecule has 0 saturated heterocycles. The van der Waals surface area contributed by atoms with Crippen LogP contribution < -0.4 is 10.2 Å². The number of carbonyl (C=O) groups excluding carboxylic acids is 1. The first kappa shape index (κ1) is 24.5. The van der Waals surface area contributed by atoms with Crippen molar-refractivity contribution in [2.45, 2.75) is 19.0 Å². The maximum Gasteiger partial charge on any atom is 0.250 e. The van der Waals surface area contributed by atoms with E-state index in [2.05, 4.69) is 20.7 Å². The number of aromatic nitrogens is 3. The number of rotatable bonds is 9. The third kappa shape index (κ3) is 6.29. The van der Waals surface area contributed by atoms with Crippen molar-refractivity contribution in [2.75, 3.05) is 12.4 Å². The number of benzene rings is 3. The van der Waals surface area contributed by atoms with Gasteiger partial charge >= 0.3 is 0 Å². The molecule has 0 bridgehead atoms. The first-order valence-corrected chi connectivity index (χ1v) is 12.4. The molecule has 1 aromatic heterocycles. The molecule has 0 aliphatic carbocycles. The number of aryl methyl sites for hydroxylation is 1.